The van der Waals surface area contributed by atoms with Crippen LogP contribution in [0.1, 0.15) is 0 Å². The Hall–Kier alpha value is -1.31. The van der Waals surface area contributed by atoms with Gasteiger partial charge in [-0.05, 0) is 24.3 Å². The summed E-state index contributed by atoms with van der Waals surface area (Å²) in [6.45, 7) is 0. The number of hydrogen-bond donors (Lipinski definition) is 2. The Morgan fingerprint density at radius 2 is 1.20 bits per heavy atom. The molecule has 0 saturated carbocycles. The van der Waals surface area contributed by atoms with E-state index in [2.05, 4.69) is 11.0 Å². The zero-order chi connectivity index (χ0) is 14.4. The number of rotatable bonds is 6. The molecule has 2 N–H and O–H groups in total. The monoisotopic (exact) mass is 332 g/mol. The highest BCUT2D eigenvalue weighted by Gasteiger charge is 2.06. The highest BCUT2D eigenvalue weighted by Crippen LogP contribution is 2.22. The molecule has 5 nitrogen and oxygen atoms in total. The molecule has 0 amide bonds. The molecule has 0 atom stereocenters. The summed E-state index contributed by atoms with van der Waals surface area (Å²) < 4.78 is 21.0. The van der Waals surface area contributed by atoms with Crippen LogP contribution in [0.15, 0.2) is 48.5 Å². The van der Waals surface area contributed by atoms with Crippen molar-refractivity contribution in [1.82, 2.24) is 0 Å². The van der Waals surface area contributed by atoms with Gasteiger partial charge in [0.1, 0.15) is 0 Å². The lowest BCUT2D eigenvalue weighted by Crippen LogP contribution is -2.12. The van der Waals surface area contributed by atoms with Gasteiger partial charge in [0.15, 0.2) is 0 Å². The maximum absolute atomic E-state index is 11.5. The molecule has 0 radical (unpaired) electrons. The fourth-order valence-electron chi connectivity index (χ4n) is 1.26. The smallest absolute Gasteiger partial charge is 0.248 e. The summed E-state index contributed by atoms with van der Waals surface area (Å²) in [5.41, 5.74) is 5.82. The lowest BCUT2D eigenvalue weighted by Gasteiger charge is -2.08. The number of halogens is 2. The Balaban J connectivity index is 1.82. The molecular formula is C12H10Cl2N2O3S. The summed E-state index contributed by atoms with van der Waals surface area (Å²) in [6, 6.07) is 13.7. The fraction of sp³-hybridized carbons (Fsp3) is 0. The second kappa shape index (κ2) is 7.47. The minimum Gasteiger partial charge on any atom is -0.248 e. The van der Waals surface area contributed by atoms with Crippen molar-refractivity contribution < 1.29 is 12.8 Å². The highest BCUT2D eigenvalue weighted by molar-refractivity contribution is 7.75. The highest BCUT2D eigenvalue weighted by atomic mass is 35.5. The molecule has 106 valence electrons. The van der Waals surface area contributed by atoms with Crippen LogP contribution in [0.2, 0.25) is 10.0 Å². The minimum absolute atomic E-state index is 0.434. The van der Waals surface area contributed by atoms with Gasteiger partial charge in [-0.25, -0.2) is 11.0 Å². The van der Waals surface area contributed by atoms with E-state index in [0.29, 0.717) is 21.4 Å². The molecule has 0 aliphatic rings. The first kappa shape index (κ1) is 15.1. The van der Waals surface area contributed by atoms with Gasteiger partial charge in [0.2, 0.25) is 0 Å². The molecule has 2 aromatic carbocycles. The Labute approximate surface area is 128 Å². The number of hydrogen-bond acceptors (Lipinski definition) is 5. The van der Waals surface area contributed by atoms with Crippen molar-refractivity contribution >= 4 is 45.9 Å². The molecule has 20 heavy (non-hydrogen) atoms. The quantitative estimate of drug-likeness (QED) is 0.784. The predicted molar refractivity (Wildman–Crippen MR) is 80.5 cm³/mol. The van der Waals surface area contributed by atoms with Crippen LogP contribution in [-0.2, 0) is 19.9 Å². The maximum atomic E-state index is 11.5. The lowest BCUT2D eigenvalue weighted by atomic mass is 10.3. The Morgan fingerprint density at radius 1 is 0.800 bits per heavy atom. The van der Waals surface area contributed by atoms with Gasteiger partial charge in [-0.2, -0.15) is 4.21 Å². The number of nitrogens with one attached hydrogen (secondary N) is 2. The lowest BCUT2D eigenvalue weighted by molar-refractivity contribution is 0.327. The van der Waals surface area contributed by atoms with Crippen LogP contribution in [-0.4, -0.2) is 4.21 Å². The van der Waals surface area contributed by atoms with E-state index in [9.17, 15) is 4.21 Å². The normalized spacial score (nSPS) is 10.6. The van der Waals surface area contributed by atoms with E-state index in [4.69, 9.17) is 31.8 Å². The largest absolute Gasteiger partial charge is 0.350 e. The van der Waals surface area contributed by atoms with Crippen LogP contribution in [0, 0.1) is 0 Å². The van der Waals surface area contributed by atoms with E-state index in [1.807, 2.05) is 0 Å². The van der Waals surface area contributed by atoms with Gasteiger partial charge in [0.05, 0.1) is 21.4 Å². The van der Waals surface area contributed by atoms with Gasteiger partial charge in [0, 0.05) is 0 Å². The van der Waals surface area contributed by atoms with Crippen LogP contribution in [0.3, 0.4) is 0 Å². The summed E-state index contributed by atoms with van der Waals surface area (Å²) in [6.07, 6.45) is 0. The van der Waals surface area contributed by atoms with Gasteiger partial charge in [-0.3, -0.25) is 0 Å². The summed E-state index contributed by atoms with van der Waals surface area (Å²) >= 11 is 9.70. The van der Waals surface area contributed by atoms with Crippen LogP contribution in [0.25, 0.3) is 0 Å². The van der Waals surface area contributed by atoms with Crippen molar-refractivity contribution in [3.8, 4) is 0 Å². The van der Waals surface area contributed by atoms with Crippen LogP contribution < -0.4 is 11.0 Å². The molecule has 0 fully saturated rings. The molecule has 0 heterocycles. The van der Waals surface area contributed by atoms with Gasteiger partial charge < -0.3 is 0 Å². The Morgan fingerprint density at radius 3 is 1.60 bits per heavy atom. The van der Waals surface area contributed by atoms with E-state index in [-0.39, 0.29) is 0 Å². The third-order valence-electron chi connectivity index (χ3n) is 2.19. The first-order valence-corrected chi connectivity index (χ1v) is 7.20. The molecule has 0 aromatic heterocycles. The van der Waals surface area contributed by atoms with Crippen molar-refractivity contribution in [2.75, 3.05) is 11.0 Å². The van der Waals surface area contributed by atoms with E-state index < -0.39 is 11.4 Å². The molecule has 0 aliphatic carbocycles. The molecule has 2 rings (SSSR count). The summed E-state index contributed by atoms with van der Waals surface area (Å²) in [5, 5.41) is 0.868. The average Bonchev–Trinajstić information content (AvgIpc) is 2.45. The predicted octanol–water partition coefficient (Wildman–Crippen LogP) is 3.96. The third kappa shape index (κ3) is 4.36. The third-order valence-corrected chi connectivity index (χ3v) is 3.29. The molecule has 0 spiro atoms. The van der Waals surface area contributed by atoms with Gasteiger partial charge in [-0.1, -0.05) is 47.5 Å². The zero-order valence-corrected chi connectivity index (χ0v) is 12.3. The summed E-state index contributed by atoms with van der Waals surface area (Å²) in [5.74, 6) is 0. The Bertz CT molecular complexity index is 561. The van der Waals surface area contributed by atoms with Crippen molar-refractivity contribution in [2.45, 2.75) is 0 Å². The standard InChI is InChI=1S/C12H10Cl2N2O3S/c13-9-5-1-3-7-11(9)15-18-20(17)19-16-12-8-4-2-6-10(12)14/h1-8,15-16H. The molecule has 0 aliphatic heterocycles. The van der Waals surface area contributed by atoms with Crippen LogP contribution >= 0.6 is 23.2 Å². The number of benzene rings is 2. The topological polar surface area (TPSA) is 59.6 Å². The summed E-state index contributed by atoms with van der Waals surface area (Å²) in [7, 11) is 0. The Kier molecular flexibility index (Phi) is 5.63. The second-order valence-corrected chi connectivity index (χ2v) is 5.09. The van der Waals surface area contributed by atoms with E-state index >= 15 is 0 Å². The molecule has 0 unspecified atom stereocenters. The van der Waals surface area contributed by atoms with Gasteiger partial charge in [-0.15, -0.1) is 8.57 Å². The fourth-order valence-corrected chi connectivity index (χ4v) is 1.96. The zero-order valence-electron chi connectivity index (χ0n) is 10.0. The molecule has 2 aromatic rings. The van der Waals surface area contributed by atoms with E-state index in [1.54, 1.807) is 48.5 Å². The molecular weight excluding hydrogens is 323 g/mol. The van der Waals surface area contributed by atoms with Gasteiger partial charge >= 0.3 is 11.4 Å². The van der Waals surface area contributed by atoms with E-state index in [1.165, 1.54) is 0 Å². The van der Waals surface area contributed by atoms with Gasteiger partial charge in [0.25, 0.3) is 0 Å². The van der Waals surface area contributed by atoms with Crippen molar-refractivity contribution in [1.29, 1.82) is 0 Å². The molecule has 0 saturated heterocycles. The second-order valence-electron chi connectivity index (χ2n) is 3.53. The van der Waals surface area contributed by atoms with Crippen LogP contribution in [0.5, 0.6) is 0 Å². The molecule has 8 heteroatoms. The van der Waals surface area contributed by atoms with Crippen molar-refractivity contribution in [3.63, 3.8) is 0 Å². The average molecular weight is 333 g/mol. The number of anilines is 2. The van der Waals surface area contributed by atoms with Crippen molar-refractivity contribution in [3.05, 3.63) is 58.6 Å². The number of para-hydroxylation sites is 2. The SMILES string of the molecule is O=S(ONc1ccccc1Cl)ONc1ccccc1Cl. The minimum atomic E-state index is -2.08. The van der Waals surface area contributed by atoms with E-state index in [0.717, 1.165) is 0 Å². The molecule has 0 bridgehead atoms. The first-order chi connectivity index (χ1) is 9.66. The summed E-state index contributed by atoms with van der Waals surface area (Å²) in [4.78, 5) is 0. The maximum Gasteiger partial charge on any atom is 0.350 e. The van der Waals surface area contributed by atoms with Crippen LogP contribution in [0.4, 0.5) is 11.4 Å². The van der Waals surface area contributed by atoms with Crippen molar-refractivity contribution in [2.24, 2.45) is 0 Å². The first-order valence-electron chi connectivity index (χ1n) is 5.44.